The Morgan fingerprint density at radius 2 is 2.11 bits per heavy atom. The number of aryl methyl sites for hydroxylation is 1. The molecule has 1 N–H and O–H groups in total. The molecule has 1 fully saturated rings. The molecular weight excluding hydrogens is 236 g/mol. The van der Waals surface area contributed by atoms with Crippen molar-refractivity contribution in [1.29, 1.82) is 5.26 Å². The summed E-state index contributed by atoms with van der Waals surface area (Å²) in [7, 11) is 0. The van der Waals surface area contributed by atoms with Gasteiger partial charge in [-0.05, 0) is 53.0 Å². The van der Waals surface area contributed by atoms with Crippen LogP contribution in [-0.4, -0.2) is 21.4 Å². The van der Waals surface area contributed by atoms with Crippen LogP contribution >= 0.6 is 0 Å². The van der Waals surface area contributed by atoms with E-state index in [4.69, 9.17) is 0 Å². The number of hydrogen-bond donors (Lipinski definition) is 1. The Morgan fingerprint density at radius 3 is 2.53 bits per heavy atom. The van der Waals surface area contributed by atoms with Gasteiger partial charge in [-0.3, -0.25) is 10.00 Å². The van der Waals surface area contributed by atoms with Crippen LogP contribution in [0.3, 0.4) is 0 Å². The zero-order chi connectivity index (χ0) is 14.2. The third-order valence-electron chi connectivity index (χ3n) is 4.15. The van der Waals surface area contributed by atoms with Crippen molar-refractivity contribution in [2.75, 3.05) is 0 Å². The first-order valence-electron chi connectivity index (χ1n) is 7.07. The highest BCUT2D eigenvalue weighted by Crippen LogP contribution is 2.28. The van der Waals surface area contributed by atoms with Crippen molar-refractivity contribution in [3.8, 4) is 6.07 Å². The molecular formula is C15H24N4. The Hall–Kier alpha value is -1.34. The lowest BCUT2D eigenvalue weighted by atomic mass is 9.95. The molecule has 1 aromatic rings. The van der Waals surface area contributed by atoms with Gasteiger partial charge in [0, 0.05) is 18.2 Å². The van der Waals surface area contributed by atoms with Gasteiger partial charge in [-0.25, -0.2) is 0 Å². The summed E-state index contributed by atoms with van der Waals surface area (Å²) in [6.07, 6.45) is 3.18. The van der Waals surface area contributed by atoms with E-state index in [1.807, 2.05) is 13.8 Å². The third kappa shape index (κ3) is 2.98. The average Bonchev–Trinajstić information content (AvgIpc) is 3.12. The van der Waals surface area contributed by atoms with Gasteiger partial charge in [0.1, 0.15) is 5.54 Å². The molecule has 19 heavy (non-hydrogen) atoms. The van der Waals surface area contributed by atoms with Crippen LogP contribution in [0.5, 0.6) is 0 Å². The highest BCUT2D eigenvalue weighted by Gasteiger charge is 2.34. The van der Waals surface area contributed by atoms with E-state index in [-0.39, 0.29) is 6.04 Å². The quantitative estimate of drug-likeness (QED) is 0.885. The largest absolute Gasteiger partial charge is 0.297 e. The molecule has 4 heteroatoms. The van der Waals surface area contributed by atoms with Crippen molar-refractivity contribution in [3.05, 3.63) is 17.0 Å². The highest BCUT2D eigenvalue weighted by molar-refractivity contribution is 5.23. The molecule has 4 nitrogen and oxygen atoms in total. The number of aromatic nitrogens is 2. The van der Waals surface area contributed by atoms with Gasteiger partial charge in [0.15, 0.2) is 0 Å². The smallest absolute Gasteiger partial charge is 0.106 e. The minimum absolute atomic E-state index is 0.225. The minimum atomic E-state index is -0.458. The Labute approximate surface area is 115 Å². The van der Waals surface area contributed by atoms with E-state index in [0.29, 0.717) is 6.04 Å². The molecule has 0 aromatic carbocycles. The summed E-state index contributed by atoms with van der Waals surface area (Å²) in [5.74, 6) is 0. The summed E-state index contributed by atoms with van der Waals surface area (Å²) in [4.78, 5) is 0. The number of nitrogens with zero attached hydrogens (tertiary/aromatic N) is 3. The first-order valence-corrected chi connectivity index (χ1v) is 7.07. The first-order chi connectivity index (χ1) is 8.86. The fraction of sp³-hybridized carbons (Fsp3) is 0.733. The van der Waals surface area contributed by atoms with Gasteiger partial charge in [-0.2, -0.15) is 10.4 Å². The second-order valence-corrected chi connectivity index (χ2v) is 6.16. The van der Waals surface area contributed by atoms with Gasteiger partial charge < -0.3 is 0 Å². The zero-order valence-corrected chi connectivity index (χ0v) is 12.6. The Bertz CT molecular complexity index is 507. The van der Waals surface area contributed by atoms with Crippen LogP contribution < -0.4 is 5.32 Å². The lowest BCUT2D eigenvalue weighted by Gasteiger charge is -2.27. The lowest BCUT2D eigenvalue weighted by Crippen LogP contribution is -2.44. The molecule has 1 heterocycles. The molecule has 2 atom stereocenters. The minimum Gasteiger partial charge on any atom is -0.297 e. The predicted molar refractivity (Wildman–Crippen MR) is 75.9 cm³/mol. The molecule has 0 radical (unpaired) electrons. The standard InChI is InChI=1S/C15H24N4/c1-10(19-13(4)11(2)12(3)18-19)8-15(5,9-16)17-14-6-7-14/h10,14,17H,6-8H2,1-5H3. The summed E-state index contributed by atoms with van der Waals surface area (Å²) in [5, 5.41) is 17.5. The Kier molecular flexibility index (Phi) is 3.69. The van der Waals surface area contributed by atoms with E-state index in [0.717, 1.165) is 12.1 Å². The van der Waals surface area contributed by atoms with Gasteiger partial charge in [-0.15, -0.1) is 0 Å². The third-order valence-corrected chi connectivity index (χ3v) is 4.15. The SMILES string of the molecule is Cc1nn(C(C)CC(C)(C#N)NC2CC2)c(C)c1C. The number of nitrogens with one attached hydrogen (secondary N) is 1. The van der Waals surface area contributed by atoms with Gasteiger partial charge >= 0.3 is 0 Å². The summed E-state index contributed by atoms with van der Waals surface area (Å²) < 4.78 is 2.06. The fourth-order valence-electron chi connectivity index (χ4n) is 2.67. The summed E-state index contributed by atoms with van der Waals surface area (Å²) in [5.41, 5.74) is 3.08. The van der Waals surface area contributed by atoms with Gasteiger partial charge in [-0.1, -0.05) is 0 Å². The number of rotatable bonds is 5. The first kappa shape index (κ1) is 14.1. The van der Waals surface area contributed by atoms with Crippen molar-refractivity contribution in [2.45, 2.75) is 71.5 Å². The van der Waals surface area contributed by atoms with Gasteiger partial charge in [0.25, 0.3) is 0 Å². The second-order valence-electron chi connectivity index (χ2n) is 6.16. The normalized spacial score (nSPS) is 19.8. The molecule has 0 amide bonds. The van der Waals surface area contributed by atoms with Crippen molar-refractivity contribution in [1.82, 2.24) is 15.1 Å². The molecule has 1 saturated carbocycles. The van der Waals surface area contributed by atoms with E-state index in [2.05, 4.69) is 41.9 Å². The van der Waals surface area contributed by atoms with Crippen molar-refractivity contribution in [2.24, 2.45) is 0 Å². The lowest BCUT2D eigenvalue weighted by molar-refractivity contribution is 0.327. The van der Waals surface area contributed by atoms with E-state index in [9.17, 15) is 5.26 Å². The predicted octanol–water partition coefficient (Wildman–Crippen LogP) is 2.79. The summed E-state index contributed by atoms with van der Waals surface area (Å²) in [6, 6.07) is 3.21. The fourth-order valence-corrected chi connectivity index (χ4v) is 2.67. The van der Waals surface area contributed by atoms with Crippen LogP contribution in [0.15, 0.2) is 0 Å². The zero-order valence-electron chi connectivity index (χ0n) is 12.6. The van der Waals surface area contributed by atoms with Crippen LogP contribution in [-0.2, 0) is 0 Å². The van der Waals surface area contributed by atoms with E-state index in [1.165, 1.54) is 24.1 Å². The van der Waals surface area contributed by atoms with Gasteiger partial charge in [0.2, 0.25) is 0 Å². The van der Waals surface area contributed by atoms with Crippen LogP contribution in [0.2, 0.25) is 0 Å². The second kappa shape index (κ2) is 4.97. The molecule has 2 rings (SSSR count). The Morgan fingerprint density at radius 1 is 1.47 bits per heavy atom. The maximum Gasteiger partial charge on any atom is 0.106 e. The van der Waals surface area contributed by atoms with Crippen molar-refractivity contribution < 1.29 is 0 Å². The van der Waals surface area contributed by atoms with Gasteiger partial charge in [0.05, 0.1) is 17.8 Å². The molecule has 0 bridgehead atoms. The maximum atomic E-state index is 9.44. The van der Waals surface area contributed by atoms with E-state index in [1.54, 1.807) is 0 Å². The monoisotopic (exact) mass is 260 g/mol. The highest BCUT2D eigenvalue weighted by atomic mass is 15.3. The maximum absolute atomic E-state index is 9.44. The molecule has 1 aliphatic carbocycles. The molecule has 1 aliphatic rings. The molecule has 0 spiro atoms. The van der Waals surface area contributed by atoms with Crippen molar-refractivity contribution >= 4 is 0 Å². The van der Waals surface area contributed by atoms with Crippen molar-refractivity contribution in [3.63, 3.8) is 0 Å². The van der Waals surface area contributed by atoms with E-state index < -0.39 is 5.54 Å². The average molecular weight is 260 g/mol. The summed E-state index contributed by atoms with van der Waals surface area (Å²) >= 11 is 0. The molecule has 0 aliphatic heterocycles. The molecule has 104 valence electrons. The van der Waals surface area contributed by atoms with Crippen LogP contribution in [0.25, 0.3) is 0 Å². The molecule has 2 unspecified atom stereocenters. The van der Waals surface area contributed by atoms with Crippen LogP contribution in [0.1, 0.15) is 56.1 Å². The topological polar surface area (TPSA) is 53.6 Å². The number of hydrogen-bond acceptors (Lipinski definition) is 3. The van der Waals surface area contributed by atoms with Crippen LogP contribution in [0, 0.1) is 32.1 Å². The molecule has 1 aromatic heterocycles. The van der Waals surface area contributed by atoms with Crippen LogP contribution in [0.4, 0.5) is 0 Å². The summed E-state index contributed by atoms with van der Waals surface area (Å²) in [6.45, 7) is 10.4. The molecule has 0 saturated heterocycles. The Balaban J connectivity index is 2.12. The number of nitriles is 1. The van der Waals surface area contributed by atoms with E-state index >= 15 is 0 Å².